The molecule has 1 aromatic heterocycles. The first-order valence-electron chi connectivity index (χ1n) is 16.4. The summed E-state index contributed by atoms with van der Waals surface area (Å²) in [5.41, 5.74) is 16.9. The summed E-state index contributed by atoms with van der Waals surface area (Å²) in [7, 11) is 0. The van der Waals surface area contributed by atoms with Gasteiger partial charge in [-0.3, -0.25) is 4.98 Å². The predicted molar refractivity (Wildman–Crippen MR) is 198 cm³/mol. The molecule has 7 aromatic carbocycles. The summed E-state index contributed by atoms with van der Waals surface area (Å²) in [6.07, 6.45) is 1.93. The summed E-state index contributed by atoms with van der Waals surface area (Å²) in [4.78, 5) is 10.2. The number of hydrogen-bond acceptors (Lipinski definition) is 2. The molecular weight excluding hydrogens is 569 g/mol. The van der Waals surface area contributed by atoms with E-state index in [1.807, 2.05) is 6.20 Å². The van der Waals surface area contributed by atoms with Gasteiger partial charge >= 0.3 is 0 Å². The molecule has 0 bridgehead atoms. The Hall–Kier alpha value is -5.60. The third-order valence-electron chi connectivity index (χ3n) is 10.3. The molecule has 47 heavy (non-hydrogen) atoms. The summed E-state index contributed by atoms with van der Waals surface area (Å²) in [5.74, 6) is 0. The Kier molecular flexibility index (Phi) is 6.01. The van der Waals surface area contributed by atoms with Gasteiger partial charge < -0.3 is 0 Å². The van der Waals surface area contributed by atoms with E-state index in [1.54, 1.807) is 0 Å². The first-order valence-corrected chi connectivity index (χ1v) is 16.4. The number of benzene rings is 7. The van der Waals surface area contributed by atoms with Gasteiger partial charge in [0.2, 0.25) is 0 Å². The number of rotatable bonds is 3. The highest BCUT2D eigenvalue weighted by molar-refractivity contribution is 6.23. The van der Waals surface area contributed by atoms with Gasteiger partial charge in [-0.05, 0) is 98.5 Å². The normalized spacial score (nSPS) is 13.3. The molecule has 0 atom stereocenters. The van der Waals surface area contributed by atoms with E-state index >= 15 is 0 Å². The van der Waals surface area contributed by atoms with Gasteiger partial charge in [0.05, 0.1) is 22.9 Å². The van der Waals surface area contributed by atoms with Crippen LogP contribution in [0.5, 0.6) is 0 Å². The van der Waals surface area contributed by atoms with E-state index in [2.05, 4.69) is 155 Å². The number of aromatic nitrogens is 2. The second-order valence-corrected chi connectivity index (χ2v) is 13.5. The smallest absolute Gasteiger partial charge is 0.0979 e. The van der Waals surface area contributed by atoms with Crippen molar-refractivity contribution < 1.29 is 0 Å². The van der Waals surface area contributed by atoms with E-state index < -0.39 is 0 Å². The van der Waals surface area contributed by atoms with Crippen molar-refractivity contribution in [1.82, 2.24) is 9.97 Å². The van der Waals surface area contributed by atoms with Crippen LogP contribution in [0.2, 0.25) is 0 Å². The molecule has 8 aromatic rings. The second kappa shape index (κ2) is 10.2. The molecule has 0 radical (unpaired) electrons. The lowest BCUT2D eigenvalue weighted by atomic mass is 9.81. The number of aryl methyl sites for hydroxylation is 2. The molecule has 9 rings (SSSR count). The molecule has 1 heterocycles. The minimum absolute atomic E-state index is 0.00580. The first-order chi connectivity index (χ1) is 22.9. The molecule has 0 fully saturated rings. The van der Waals surface area contributed by atoms with Crippen molar-refractivity contribution in [3.63, 3.8) is 0 Å². The van der Waals surface area contributed by atoms with Gasteiger partial charge in [-0.1, -0.05) is 123 Å². The minimum Gasteiger partial charge on any atom is -0.252 e. The molecule has 1 aliphatic carbocycles. The molecule has 0 amide bonds. The molecule has 224 valence electrons. The van der Waals surface area contributed by atoms with Gasteiger partial charge in [-0.25, -0.2) is 4.98 Å². The Labute approximate surface area is 275 Å². The van der Waals surface area contributed by atoms with E-state index in [0.717, 1.165) is 33.1 Å². The van der Waals surface area contributed by atoms with Crippen molar-refractivity contribution >= 4 is 32.6 Å². The van der Waals surface area contributed by atoms with Gasteiger partial charge in [-0.2, -0.15) is 0 Å². The van der Waals surface area contributed by atoms with Crippen LogP contribution in [0.15, 0.2) is 134 Å². The van der Waals surface area contributed by atoms with Crippen LogP contribution >= 0.6 is 0 Å². The Morgan fingerprint density at radius 2 is 1.02 bits per heavy atom. The SMILES string of the molecule is Cc1cc(-c2cnc3c4ccccc4c4ccccc4c3n2)cc(C)c1-c1ccc(-c2ccc3c(c2)C(C)(C)c2ccccc2-3)cc1. The molecule has 0 spiro atoms. The van der Waals surface area contributed by atoms with Gasteiger partial charge in [0, 0.05) is 21.8 Å². The largest absolute Gasteiger partial charge is 0.252 e. The van der Waals surface area contributed by atoms with Crippen LogP contribution in [0.4, 0.5) is 0 Å². The van der Waals surface area contributed by atoms with E-state index in [1.165, 1.54) is 66.4 Å². The van der Waals surface area contributed by atoms with Crippen LogP contribution < -0.4 is 0 Å². The lowest BCUT2D eigenvalue weighted by Gasteiger charge is -2.22. The van der Waals surface area contributed by atoms with Crippen LogP contribution in [-0.4, -0.2) is 9.97 Å². The van der Waals surface area contributed by atoms with E-state index in [4.69, 9.17) is 9.97 Å². The van der Waals surface area contributed by atoms with Crippen LogP contribution in [0.1, 0.15) is 36.1 Å². The van der Waals surface area contributed by atoms with Crippen molar-refractivity contribution in [2.45, 2.75) is 33.1 Å². The Morgan fingerprint density at radius 3 is 1.72 bits per heavy atom. The van der Waals surface area contributed by atoms with Crippen molar-refractivity contribution in [3.05, 3.63) is 156 Å². The quantitative estimate of drug-likeness (QED) is 0.188. The van der Waals surface area contributed by atoms with Gasteiger partial charge in [0.25, 0.3) is 0 Å². The fourth-order valence-corrected chi connectivity index (χ4v) is 8.04. The summed E-state index contributed by atoms with van der Waals surface area (Å²) in [6, 6.07) is 46.4. The number of fused-ring (bicyclic) bond motifs is 9. The zero-order valence-electron chi connectivity index (χ0n) is 27.1. The van der Waals surface area contributed by atoms with Crippen molar-refractivity contribution in [3.8, 4) is 44.6 Å². The monoisotopic (exact) mass is 602 g/mol. The predicted octanol–water partition coefficient (Wildman–Crippen LogP) is 11.9. The highest BCUT2D eigenvalue weighted by atomic mass is 14.8. The summed E-state index contributed by atoms with van der Waals surface area (Å²) >= 11 is 0. The number of nitrogens with zero attached hydrogens (tertiary/aromatic N) is 2. The highest BCUT2D eigenvalue weighted by Gasteiger charge is 2.35. The van der Waals surface area contributed by atoms with Crippen molar-refractivity contribution in [2.75, 3.05) is 0 Å². The molecule has 2 heteroatoms. The van der Waals surface area contributed by atoms with Crippen LogP contribution in [0.25, 0.3) is 77.2 Å². The second-order valence-electron chi connectivity index (χ2n) is 13.5. The molecule has 0 unspecified atom stereocenters. The van der Waals surface area contributed by atoms with Crippen LogP contribution in [0.3, 0.4) is 0 Å². The maximum atomic E-state index is 5.24. The Morgan fingerprint density at radius 1 is 0.468 bits per heavy atom. The Bertz CT molecular complexity index is 2500. The highest BCUT2D eigenvalue weighted by Crippen LogP contribution is 2.49. The fraction of sp³-hybridized carbons (Fsp3) is 0.111. The third-order valence-corrected chi connectivity index (χ3v) is 10.3. The maximum absolute atomic E-state index is 5.24. The zero-order valence-corrected chi connectivity index (χ0v) is 27.1. The molecule has 2 nitrogen and oxygen atoms in total. The topological polar surface area (TPSA) is 25.8 Å². The van der Waals surface area contributed by atoms with Crippen molar-refractivity contribution in [1.29, 1.82) is 0 Å². The summed E-state index contributed by atoms with van der Waals surface area (Å²) in [5, 5.41) is 4.70. The summed E-state index contributed by atoms with van der Waals surface area (Å²) < 4.78 is 0. The third kappa shape index (κ3) is 4.18. The molecule has 0 saturated carbocycles. The van der Waals surface area contributed by atoms with E-state index in [-0.39, 0.29) is 5.41 Å². The molecular formula is C45H34N2. The first kappa shape index (κ1) is 27.7. The lowest BCUT2D eigenvalue weighted by Crippen LogP contribution is -2.14. The molecule has 1 aliphatic rings. The molecule has 0 aliphatic heterocycles. The maximum Gasteiger partial charge on any atom is 0.0979 e. The zero-order chi connectivity index (χ0) is 31.9. The molecule has 0 N–H and O–H groups in total. The number of hydrogen-bond donors (Lipinski definition) is 0. The average molecular weight is 603 g/mol. The van der Waals surface area contributed by atoms with Gasteiger partial charge in [0.1, 0.15) is 0 Å². The minimum atomic E-state index is -0.00580. The molecule has 0 saturated heterocycles. The van der Waals surface area contributed by atoms with Gasteiger partial charge in [-0.15, -0.1) is 0 Å². The lowest BCUT2D eigenvalue weighted by molar-refractivity contribution is 0.660. The van der Waals surface area contributed by atoms with E-state index in [0.29, 0.717) is 0 Å². The van der Waals surface area contributed by atoms with Crippen molar-refractivity contribution in [2.24, 2.45) is 0 Å². The van der Waals surface area contributed by atoms with Crippen LogP contribution in [-0.2, 0) is 5.41 Å². The average Bonchev–Trinajstić information content (AvgIpc) is 3.34. The van der Waals surface area contributed by atoms with E-state index in [9.17, 15) is 0 Å². The van der Waals surface area contributed by atoms with Crippen LogP contribution in [0, 0.1) is 13.8 Å². The van der Waals surface area contributed by atoms with Gasteiger partial charge in [0.15, 0.2) is 0 Å². The standard InChI is InChI=1S/C45H34N2/c1-27-23-32(41-26-46-43-37-14-7-5-11-33(37)34-12-6-8-15-38(34)44(43)47-41)24-28(2)42(27)30-19-17-29(18-20-30)31-21-22-36-35-13-9-10-16-39(35)45(3,4)40(36)25-31/h5-26H,1-4H3. The summed E-state index contributed by atoms with van der Waals surface area (Å²) in [6.45, 7) is 9.09. The fourth-order valence-electron chi connectivity index (χ4n) is 8.04. The Balaban J connectivity index is 1.08.